The minimum atomic E-state index is 0.508. The summed E-state index contributed by atoms with van der Waals surface area (Å²) in [5, 5.41) is 0. The van der Waals surface area contributed by atoms with Gasteiger partial charge in [-0.2, -0.15) is 0 Å². The summed E-state index contributed by atoms with van der Waals surface area (Å²) >= 11 is 3.38. The molecule has 100 valence electrons. The van der Waals surface area contributed by atoms with Gasteiger partial charge in [0.2, 0.25) is 0 Å². The maximum absolute atomic E-state index is 5.84. The lowest BCUT2D eigenvalue weighted by Gasteiger charge is -2.14. The molecule has 2 rings (SSSR count). The van der Waals surface area contributed by atoms with Gasteiger partial charge in [0.1, 0.15) is 12.4 Å². The second-order valence-electron chi connectivity index (χ2n) is 4.54. The zero-order chi connectivity index (χ0) is 13.8. The summed E-state index contributed by atoms with van der Waals surface area (Å²) in [6.07, 6.45) is 0. The number of nitrogens with two attached hydrogens (primary N) is 1. The molecule has 0 aliphatic carbocycles. The molecule has 19 heavy (non-hydrogen) atoms. The molecule has 0 aromatic heterocycles. The van der Waals surface area contributed by atoms with Crippen molar-refractivity contribution in [3.63, 3.8) is 0 Å². The molecule has 0 saturated carbocycles. The van der Waals surface area contributed by atoms with Gasteiger partial charge in [0, 0.05) is 36.0 Å². The molecule has 0 spiro atoms. The first-order valence-electron chi connectivity index (χ1n) is 6.00. The third kappa shape index (κ3) is 3.64. The minimum absolute atomic E-state index is 0.508. The van der Waals surface area contributed by atoms with Gasteiger partial charge in [-0.3, -0.25) is 0 Å². The van der Waals surface area contributed by atoms with Crippen LogP contribution in [0.5, 0.6) is 5.75 Å². The van der Waals surface area contributed by atoms with Crippen molar-refractivity contribution >= 4 is 27.3 Å². The Morgan fingerprint density at radius 1 is 1.16 bits per heavy atom. The number of nitrogens with zero attached hydrogens (tertiary/aromatic N) is 1. The van der Waals surface area contributed by atoms with E-state index in [1.54, 1.807) is 0 Å². The standard InChI is InChI=1S/C15H17BrN2O/c1-18(2)12-4-3-5-13(9-12)19-10-11-6-7-14(16)15(17)8-11/h3-9H,10,17H2,1-2H3. The molecular formula is C15H17BrN2O. The molecule has 0 heterocycles. The third-order valence-electron chi connectivity index (χ3n) is 2.80. The molecule has 0 unspecified atom stereocenters. The van der Waals surface area contributed by atoms with E-state index >= 15 is 0 Å². The predicted molar refractivity (Wildman–Crippen MR) is 83.7 cm³/mol. The van der Waals surface area contributed by atoms with Gasteiger partial charge >= 0.3 is 0 Å². The van der Waals surface area contributed by atoms with E-state index in [1.165, 1.54) is 0 Å². The lowest BCUT2D eigenvalue weighted by atomic mass is 10.2. The van der Waals surface area contributed by atoms with E-state index in [4.69, 9.17) is 10.5 Å². The molecule has 3 nitrogen and oxygen atoms in total. The highest BCUT2D eigenvalue weighted by Gasteiger charge is 2.01. The smallest absolute Gasteiger partial charge is 0.121 e. The van der Waals surface area contributed by atoms with Crippen LogP contribution in [0, 0.1) is 0 Å². The molecule has 0 saturated heterocycles. The monoisotopic (exact) mass is 320 g/mol. The van der Waals surface area contributed by atoms with Gasteiger partial charge in [0.05, 0.1) is 0 Å². The SMILES string of the molecule is CN(C)c1cccc(OCc2ccc(Br)c(N)c2)c1. The largest absolute Gasteiger partial charge is 0.489 e. The Bertz CT molecular complexity index is 570. The van der Waals surface area contributed by atoms with Crippen LogP contribution in [0.15, 0.2) is 46.9 Å². The molecule has 2 aromatic carbocycles. The van der Waals surface area contributed by atoms with E-state index in [1.807, 2.05) is 61.5 Å². The highest BCUT2D eigenvalue weighted by atomic mass is 79.9. The van der Waals surface area contributed by atoms with Gasteiger partial charge in [-0.1, -0.05) is 12.1 Å². The van der Waals surface area contributed by atoms with Gasteiger partial charge in [-0.15, -0.1) is 0 Å². The van der Waals surface area contributed by atoms with E-state index in [0.717, 1.165) is 27.2 Å². The molecule has 0 aliphatic heterocycles. The second-order valence-corrected chi connectivity index (χ2v) is 5.39. The van der Waals surface area contributed by atoms with Crippen molar-refractivity contribution in [2.24, 2.45) is 0 Å². The van der Waals surface area contributed by atoms with Crippen molar-refractivity contribution < 1.29 is 4.74 Å². The molecule has 2 aromatic rings. The van der Waals surface area contributed by atoms with Crippen LogP contribution in [-0.4, -0.2) is 14.1 Å². The predicted octanol–water partition coefficient (Wildman–Crippen LogP) is 3.68. The van der Waals surface area contributed by atoms with Crippen molar-refractivity contribution in [2.45, 2.75) is 6.61 Å². The van der Waals surface area contributed by atoms with Gasteiger partial charge in [0.15, 0.2) is 0 Å². The van der Waals surface area contributed by atoms with Crippen molar-refractivity contribution in [3.8, 4) is 5.75 Å². The van der Waals surface area contributed by atoms with Crippen LogP contribution in [0.3, 0.4) is 0 Å². The first kappa shape index (κ1) is 13.7. The van der Waals surface area contributed by atoms with Gasteiger partial charge in [-0.05, 0) is 45.8 Å². The van der Waals surface area contributed by atoms with E-state index in [-0.39, 0.29) is 0 Å². The van der Waals surface area contributed by atoms with Crippen molar-refractivity contribution in [1.29, 1.82) is 0 Å². The number of ether oxygens (including phenoxy) is 1. The summed E-state index contributed by atoms with van der Waals surface area (Å²) < 4.78 is 6.69. The molecule has 2 N–H and O–H groups in total. The summed E-state index contributed by atoms with van der Waals surface area (Å²) in [5.74, 6) is 0.854. The van der Waals surface area contributed by atoms with Crippen LogP contribution in [-0.2, 0) is 6.61 Å². The molecule has 4 heteroatoms. The van der Waals surface area contributed by atoms with E-state index in [9.17, 15) is 0 Å². The Hall–Kier alpha value is -1.68. The molecule has 0 radical (unpaired) electrons. The average Bonchev–Trinajstić information content (AvgIpc) is 2.40. The molecule has 0 atom stereocenters. The van der Waals surface area contributed by atoms with Crippen LogP contribution in [0.2, 0.25) is 0 Å². The van der Waals surface area contributed by atoms with Crippen LogP contribution in [0.4, 0.5) is 11.4 Å². The zero-order valence-corrected chi connectivity index (χ0v) is 12.6. The molecule has 0 fully saturated rings. The lowest BCUT2D eigenvalue weighted by molar-refractivity contribution is 0.306. The summed E-state index contributed by atoms with van der Waals surface area (Å²) in [7, 11) is 4.02. The lowest BCUT2D eigenvalue weighted by Crippen LogP contribution is -2.08. The van der Waals surface area contributed by atoms with Gasteiger partial charge in [0.25, 0.3) is 0 Å². The van der Waals surface area contributed by atoms with Crippen LogP contribution in [0.25, 0.3) is 0 Å². The summed E-state index contributed by atoms with van der Waals surface area (Å²) in [6, 6.07) is 13.9. The molecule has 0 amide bonds. The fourth-order valence-electron chi connectivity index (χ4n) is 1.70. The van der Waals surface area contributed by atoms with Crippen LogP contribution >= 0.6 is 15.9 Å². The number of halogens is 1. The maximum Gasteiger partial charge on any atom is 0.121 e. The van der Waals surface area contributed by atoms with Gasteiger partial charge < -0.3 is 15.4 Å². The fourth-order valence-corrected chi connectivity index (χ4v) is 1.95. The van der Waals surface area contributed by atoms with Crippen LogP contribution in [0.1, 0.15) is 5.56 Å². The summed E-state index contributed by atoms with van der Waals surface area (Å²) in [6.45, 7) is 0.508. The van der Waals surface area contributed by atoms with E-state index in [0.29, 0.717) is 6.61 Å². The third-order valence-corrected chi connectivity index (χ3v) is 3.52. The maximum atomic E-state index is 5.84. The summed E-state index contributed by atoms with van der Waals surface area (Å²) in [5.41, 5.74) is 8.74. The number of hydrogen-bond donors (Lipinski definition) is 1. The normalized spacial score (nSPS) is 10.3. The van der Waals surface area contributed by atoms with Gasteiger partial charge in [-0.25, -0.2) is 0 Å². The number of hydrogen-bond acceptors (Lipinski definition) is 3. The highest BCUT2D eigenvalue weighted by Crippen LogP contribution is 2.23. The Morgan fingerprint density at radius 3 is 2.63 bits per heavy atom. The second kappa shape index (κ2) is 5.97. The Kier molecular flexibility index (Phi) is 4.32. The minimum Gasteiger partial charge on any atom is -0.489 e. The molecular weight excluding hydrogens is 304 g/mol. The number of rotatable bonds is 4. The zero-order valence-electron chi connectivity index (χ0n) is 11.1. The first-order valence-corrected chi connectivity index (χ1v) is 6.79. The van der Waals surface area contributed by atoms with E-state index < -0.39 is 0 Å². The molecule has 0 bridgehead atoms. The molecule has 0 aliphatic rings. The van der Waals surface area contributed by atoms with E-state index in [2.05, 4.69) is 15.9 Å². The topological polar surface area (TPSA) is 38.5 Å². The summed E-state index contributed by atoms with van der Waals surface area (Å²) in [4.78, 5) is 2.05. The number of anilines is 2. The van der Waals surface area contributed by atoms with Crippen molar-refractivity contribution in [1.82, 2.24) is 0 Å². The number of benzene rings is 2. The van der Waals surface area contributed by atoms with Crippen molar-refractivity contribution in [3.05, 3.63) is 52.5 Å². The van der Waals surface area contributed by atoms with Crippen LogP contribution < -0.4 is 15.4 Å². The Balaban J connectivity index is 2.05. The average molecular weight is 321 g/mol. The Morgan fingerprint density at radius 2 is 1.95 bits per heavy atom. The fraction of sp³-hybridized carbons (Fsp3) is 0.200. The quantitative estimate of drug-likeness (QED) is 0.873. The highest BCUT2D eigenvalue weighted by molar-refractivity contribution is 9.10. The van der Waals surface area contributed by atoms with Crippen molar-refractivity contribution in [2.75, 3.05) is 24.7 Å². The first-order chi connectivity index (χ1) is 9.06. The Labute approximate surface area is 122 Å². The number of nitrogen functional groups attached to an aromatic ring is 1.